The van der Waals surface area contributed by atoms with Gasteiger partial charge in [-0.15, -0.1) is 0 Å². The van der Waals surface area contributed by atoms with Crippen molar-refractivity contribution >= 4 is 11.6 Å². The van der Waals surface area contributed by atoms with Crippen molar-refractivity contribution in [2.45, 2.75) is 26.4 Å². The van der Waals surface area contributed by atoms with Crippen LogP contribution in [-0.4, -0.2) is 52.7 Å². The van der Waals surface area contributed by atoms with E-state index in [0.29, 0.717) is 19.2 Å². The molecule has 0 saturated carbocycles. The lowest BCUT2D eigenvalue weighted by Crippen LogP contribution is -2.39. The first kappa shape index (κ1) is 21.2. The number of aryl methyl sites for hydroxylation is 2. The zero-order chi connectivity index (χ0) is 21.5. The fourth-order valence-corrected chi connectivity index (χ4v) is 3.58. The van der Waals surface area contributed by atoms with Gasteiger partial charge in [0.25, 0.3) is 0 Å². The summed E-state index contributed by atoms with van der Waals surface area (Å²) >= 11 is 0. The van der Waals surface area contributed by atoms with Crippen molar-refractivity contribution in [3.05, 3.63) is 71.8 Å². The molecule has 1 atom stereocenters. The SMILES string of the molecule is Cc1ccc(C)c(OCCCN2CCOC(c3ccc(Nc4ncccn4)cn3)C2)c1. The summed E-state index contributed by atoms with van der Waals surface area (Å²) in [4.78, 5) is 15.4. The predicted molar refractivity (Wildman–Crippen MR) is 121 cm³/mol. The number of rotatable bonds is 8. The largest absolute Gasteiger partial charge is 0.493 e. The molecule has 31 heavy (non-hydrogen) atoms. The quantitative estimate of drug-likeness (QED) is 0.552. The highest BCUT2D eigenvalue weighted by Gasteiger charge is 2.22. The first-order valence-corrected chi connectivity index (χ1v) is 10.7. The zero-order valence-corrected chi connectivity index (χ0v) is 18.1. The highest BCUT2D eigenvalue weighted by Crippen LogP contribution is 2.23. The molecule has 1 unspecified atom stereocenters. The van der Waals surface area contributed by atoms with Crippen LogP contribution in [0.5, 0.6) is 5.75 Å². The fraction of sp³-hybridized carbons (Fsp3) is 0.375. The van der Waals surface area contributed by atoms with Gasteiger partial charge in [-0.25, -0.2) is 9.97 Å². The summed E-state index contributed by atoms with van der Waals surface area (Å²) in [6.07, 6.45) is 6.17. The van der Waals surface area contributed by atoms with E-state index in [1.54, 1.807) is 24.7 Å². The molecule has 1 fully saturated rings. The van der Waals surface area contributed by atoms with Gasteiger partial charge in [-0.05, 0) is 55.7 Å². The van der Waals surface area contributed by atoms with Crippen LogP contribution in [0.25, 0.3) is 0 Å². The van der Waals surface area contributed by atoms with Crippen molar-refractivity contribution in [1.29, 1.82) is 0 Å². The molecule has 1 saturated heterocycles. The average molecular weight is 420 g/mol. The predicted octanol–water partition coefficient (Wildman–Crippen LogP) is 4.07. The van der Waals surface area contributed by atoms with E-state index in [-0.39, 0.29) is 6.10 Å². The molecule has 0 amide bonds. The monoisotopic (exact) mass is 419 g/mol. The van der Waals surface area contributed by atoms with Gasteiger partial charge in [0.05, 0.1) is 30.8 Å². The minimum atomic E-state index is -0.0179. The molecule has 0 aliphatic carbocycles. The molecular formula is C24H29N5O2. The van der Waals surface area contributed by atoms with E-state index in [1.807, 2.05) is 12.1 Å². The molecule has 7 heteroatoms. The number of nitrogens with zero attached hydrogens (tertiary/aromatic N) is 4. The molecule has 7 nitrogen and oxygen atoms in total. The number of hydrogen-bond donors (Lipinski definition) is 1. The van der Waals surface area contributed by atoms with Crippen LogP contribution >= 0.6 is 0 Å². The summed E-state index contributed by atoms with van der Waals surface area (Å²) in [6, 6.07) is 12.1. The third-order valence-electron chi connectivity index (χ3n) is 5.31. The lowest BCUT2D eigenvalue weighted by atomic mass is 10.1. The maximum absolute atomic E-state index is 5.99. The molecule has 0 spiro atoms. The first-order chi connectivity index (χ1) is 15.2. The Hall–Kier alpha value is -3.03. The number of ether oxygens (including phenoxy) is 2. The van der Waals surface area contributed by atoms with Crippen LogP contribution in [0.15, 0.2) is 55.0 Å². The lowest BCUT2D eigenvalue weighted by molar-refractivity contribution is -0.0330. The molecule has 3 aromatic rings. The molecular weight excluding hydrogens is 390 g/mol. The van der Waals surface area contributed by atoms with Crippen LogP contribution in [0.1, 0.15) is 29.3 Å². The summed E-state index contributed by atoms with van der Waals surface area (Å²) in [5.41, 5.74) is 4.20. The Bertz CT molecular complexity index is 965. The molecule has 1 aliphatic rings. The Balaban J connectivity index is 1.25. The van der Waals surface area contributed by atoms with E-state index < -0.39 is 0 Å². The van der Waals surface area contributed by atoms with E-state index >= 15 is 0 Å². The minimum Gasteiger partial charge on any atom is -0.493 e. The number of morpholine rings is 1. The van der Waals surface area contributed by atoms with Gasteiger partial charge in [0.2, 0.25) is 5.95 Å². The van der Waals surface area contributed by atoms with Crippen molar-refractivity contribution in [3.8, 4) is 5.75 Å². The van der Waals surface area contributed by atoms with Gasteiger partial charge in [0, 0.05) is 32.0 Å². The number of pyridine rings is 1. The molecule has 0 radical (unpaired) electrons. The van der Waals surface area contributed by atoms with Crippen LogP contribution in [-0.2, 0) is 4.74 Å². The summed E-state index contributed by atoms with van der Waals surface area (Å²) in [5, 5.41) is 3.15. The van der Waals surface area contributed by atoms with Gasteiger partial charge in [-0.2, -0.15) is 0 Å². The molecule has 1 aromatic carbocycles. The van der Waals surface area contributed by atoms with E-state index in [4.69, 9.17) is 9.47 Å². The van der Waals surface area contributed by atoms with Crippen LogP contribution < -0.4 is 10.1 Å². The highest BCUT2D eigenvalue weighted by atomic mass is 16.5. The molecule has 4 rings (SSSR count). The lowest BCUT2D eigenvalue weighted by Gasteiger charge is -2.32. The minimum absolute atomic E-state index is 0.0179. The third-order valence-corrected chi connectivity index (χ3v) is 5.31. The van der Waals surface area contributed by atoms with Crippen molar-refractivity contribution in [1.82, 2.24) is 19.9 Å². The van der Waals surface area contributed by atoms with Gasteiger partial charge in [-0.3, -0.25) is 9.88 Å². The first-order valence-electron chi connectivity index (χ1n) is 10.7. The van der Waals surface area contributed by atoms with Crippen molar-refractivity contribution < 1.29 is 9.47 Å². The topological polar surface area (TPSA) is 72.4 Å². The standard InChI is InChI=1S/C24H29N5O2/c1-18-5-6-19(2)22(15-18)30-13-4-11-29-12-14-31-23(17-29)21-8-7-20(16-27-21)28-24-25-9-3-10-26-24/h3,5-10,15-16,23H,4,11-14,17H2,1-2H3,(H,25,26,28). The van der Waals surface area contributed by atoms with Gasteiger partial charge in [-0.1, -0.05) is 12.1 Å². The van der Waals surface area contributed by atoms with E-state index in [0.717, 1.165) is 43.2 Å². The molecule has 1 N–H and O–H groups in total. The zero-order valence-electron chi connectivity index (χ0n) is 18.1. The molecule has 1 aliphatic heterocycles. The van der Waals surface area contributed by atoms with Crippen LogP contribution in [0, 0.1) is 13.8 Å². The smallest absolute Gasteiger partial charge is 0.227 e. The maximum atomic E-state index is 5.99. The van der Waals surface area contributed by atoms with E-state index in [2.05, 4.69) is 57.2 Å². The summed E-state index contributed by atoms with van der Waals surface area (Å²) in [5.74, 6) is 1.54. The fourth-order valence-electron chi connectivity index (χ4n) is 3.58. The molecule has 2 aromatic heterocycles. The second kappa shape index (κ2) is 10.3. The van der Waals surface area contributed by atoms with Gasteiger partial charge < -0.3 is 14.8 Å². The third kappa shape index (κ3) is 5.99. The Kier molecular flexibility index (Phi) is 7.07. The number of nitrogens with one attached hydrogen (secondary N) is 1. The van der Waals surface area contributed by atoms with Crippen molar-refractivity contribution in [2.75, 3.05) is 38.2 Å². The Morgan fingerprint density at radius 1 is 1.13 bits per heavy atom. The van der Waals surface area contributed by atoms with Gasteiger partial charge in [0.15, 0.2) is 0 Å². The van der Waals surface area contributed by atoms with Crippen LogP contribution in [0.3, 0.4) is 0 Å². The molecule has 162 valence electrons. The number of anilines is 2. The second-order valence-electron chi connectivity index (χ2n) is 7.80. The van der Waals surface area contributed by atoms with Crippen molar-refractivity contribution in [3.63, 3.8) is 0 Å². The second-order valence-corrected chi connectivity index (χ2v) is 7.80. The summed E-state index contributed by atoms with van der Waals surface area (Å²) < 4.78 is 12.0. The Morgan fingerprint density at radius 2 is 2.00 bits per heavy atom. The summed E-state index contributed by atoms with van der Waals surface area (Å²) in [6.45, 7) is 8.36. The van der Waals surface area contributed by atoms with Crippen LogP contribution in [0.4, 0.5) is 11.6 Å². The highest BCUT2D eigenvalue weighted by molar-refractivity contribution is 5.51. The van der Waals surface area contributed by atoms with Gasteiger partial charge >= 0.3 is 0 Å². The molecule has 3 heterocycles. The average Bonchev–Trinajstić information content (AvgIpc) is 2.80. The normalized spacial score (nSPS) is 16.8. The number of aromatic nitrogens is 3. The van der Waals surface area contributed by atoms with E-state index in [1.165, 1.54) is 11.1 Å². The number of benzene rings is 1. The summed E-state index contributed by atoms with van der Waals surface area (Å²) in [7, 11) is 0. The molecule has 0 bridgehead atoms. The van der Waals surface area contributed by atoms with E-state index in [9.17, 15) is 0 Å². The van der Waals surface area contributed by atoms with Gasteiger partial charge in [0.1, 0.15) is 11.9 Å². The maximum Gasteiger partial charge on any atom is 0.227 e. The Morgan fingerprint density at radius 3 is 2.81 bits per heavy atom. The Labute approximate surface area is 183 Å². The van der Waals surface area contributed by atoms with Crippen LogP contribution in [0.2, 0.25) is 0 Å². The number of hydrogen-bond acceptors (Lipinski definition) is 7. The van der Waals surface area contributed by atoms with Crippen molar-refractivity contribution in [2.24, 2.45) is 0 Å².